The Morgan fingerprint density at radius 1 is 1.57 bits per heavy atom. The molecule has 5 heteroatoms. The Morgan fingerprint density at radius 3 is 2.57 bits per heavy atom. The smallest absolute Gasteiger partial charge is 0.310 e. The van der Waals surface area contributed by atoms with E-state index in [0.717, 1.165) is 0 Å². The van der Waals surface area contributed by atoms with Gasteiger partial charge in [-0.05, 0) is 13.8 Å². The van der Waals surface area contributed by atoms with Gasteiger partial charge in [-0.3, -0.25) is 4.79 Å². The summed E-state index contributed by atoms with van der Waals surface area (Å²) in [4.78, 5) is 10.7. The molecule has 0 saturated carbocycles. The highest BCUT2D eigenvalue weighted by Crippen LogP contribution is 2.12. The van der Waals surface area contributed by atoms with Crippen LogP contribution < -0.4 is 5.32 Å². The number of rotatable bonds is 7. The molecule has 5 nitrogen and oxygen atoms in total. The first-order chi connectivity index (χ1) is 6.40. The van der Waals surface area contributed by atoms with Gasteiger partial charge < -0.3 is 20.3 Å². The van der Waals surface area contributed by atoms with E-state index in [1.165, 1.54) is 7.11 Å². The number of carbonyl (C=O) groups is 1. The fourth-order valence-electron chi connectivity index (χ4n) is 0.878. The molecule has 0 aliphatic carbocycles. The quantitative estimate of drug-likeness (QED) is 0.531. The Bertz CT molecular complexity index is 182. The second-order valence-electron chi connectivity index (χ2n) is 3.93. The standard InChI is InChI=1S/C9H19NO4/c1-9(2,8(12)13)6-10-4-7(11)5-14-3/h7,10-11H,4-6H2,1-3H3,(H,12,13). The van der Waals surface area contributed by atoms with Crippen molar-refractivity contribution in [3.63, 3.8) is 0 Å². The molecule has 14 heavy (non-hydrogen) atoms. The Hall–Kier alpha value is -0.650. The maximum atomic E-state index is 10.7. The molecule has 0 radical (unpaired) electrons. The number of hydrogen-bond donors (Lipinski definition) is 3. The Kier molecular flexibility index (Phi) is 5.68. The molecule has 0 fully saturated rings. The minimum Gasteiger partial charge on any atom is -0.481 e. The highest BCUT2D eigenvalue weighted by atomic mass is 16.5. The summed E-state index contributed by atoms with van der Waals surface area (Å²) in [7, 11) is 1.50. The van der Waals surface area contributed by atoms with E-state index in [1.54, 1.807) is 13.8 Å². The molecule has 0 bridgehead atoms. The van der Waals surface area contributed by atoms with Crippen LogP contribution in [0.1, 0.15) is 13.8 Å². The van der Waals surface area contributed by atoms with Crippen molar-refractivity contribution in [1.82, 2.24) is 5.32 Å². The third-order valence-corrected chi connectivity index (χ3v) is 1.88. The zero-order valence-electron chi connectivity index (χ0n) is 8.91. The van der Waals surface area contributed by atoms with E-state index in [1.807, 2.05) is 0 Å². The molecule has 0 amide bonds. The first-order valence-electron chi connectivity index (χ1n) is 4.51. The van der Waals surface area contributed by atoms with Crippen LogP contribution in [-0.2, 0) is 9.53 Å². The number of hydrogen-bond acceptors (Lipinski definition) is 4. The van der Waals surface area contributed by atoms with Crippen LogP contribution in [0.15, 0.2) is 0 Å². The fourth-order valence-corrected chi connectivity index (χ4v) is 0.878. The topological polar surface area (TPSA) is 78.8 Å². The van der Waals surface area contributed by atoms with Crippen LogP contribution >= 0.6 is 0 Å². The summed E-state index contributed by atoms with van der Waals surface area (Å²) in [5.74, 6) is -0.855. The van der Waals surface area contributed by atoms with Crippen molar-refractivity contribution >= 4 is 5.97 Å². The molecule has 84 valence electrons. The highest BCUT2D eigenvalue weighted by molar-refractivity contribution is 5.73. The van der Waals surface area contributed by atoms with E-state index < -0.39 is 17.5 Å². The zero-order chi connectivity index (χ0) is 11.2. The minimum atomic E-state index is -0.855. The number of methoxy groups -OCH3 is 1. The van der Waals surface area contributed by atoms with Gasteiger partial charge in [-0.2, -0.15) is 0 Å². The second kappa shape index (κ2) is 5.95. The van der Waals surface area contributed by atoms with Crippen molar-refractivity contribution in [2.24, 2.45) is 5.41 Å². The van der Waals surface area contributed by atoms with Crippen LogP contribution in [-0.4, -0.2) is 49.1 Å². The SMILES string of the molecule is COCC(O)CNCC(C)(C)C(=O)O. The van der Waals surface area contributed by atoms with Crippen LogP contribution in [0.4, 0.5) is 0 Å². The van der Waals surface area contributed by atoms with E-state index in [0.29, 0.717) is 13.1 Å². The van der Waals surface area contributed by atoms with Crippen molar-refractivity contribution in [3.05, 3.63) is 0 Å². The summed E-state index contributed by atoms with van der Waals surface area (Å²) in [6, 6.07) is 0. The van der Waals surface area contributed by atoms with Gasteiger partial charge >= 0.3 is 5.97 Å². The number of carboxylic acid groups (broad SMARTS) is 1. The average Bonchev–Trinajstić information content (AvgIpc) is 2.04. The Balaban J connectivity index is 3.68. The fraction of sp³-hybridized carbons (Fsp3) is 0.889. The van der Waals surface area contributed by atoms with Crippen LogP contribution in [0.3, 0.4) is 0 Å². The minimum absolute atomic E-state index is 0.250. The summed E-state index contributed by atoms with van der Waals surface area (Å²) in [6.45, 7) is 4.17. The van der Waals surface area contributed by atoms with Crippen molar-refractivity contribution in [2.45, 2.75) is 20.0 Å². The summed E-state index contributed by atoms with van der Waals surface area (Å²) in [6.07, 6.45) is -0.593. The first-order valence-corrected chi connectivity index (χ1v) is 4.51. The van der Waals surface area contributed by atoms with Gasteiger partial charge in [0.2, 0.25) is 0 Å². The third kappa shape index (κ3) is 5.16. The van der Waals surface area contributed by atoms with Gasteiger partial charge in [0.1, 0.15) is 0 Å². The Morgan fingerprint density at radius 2 is 2.14 bits per heavy atom. The van der Waals surface area contributed by atoms with E-state index in [9.17, 15) is 9.90 Å². The maximum Gasteiger partial charge on any atom is 0.310 e. The van der Waals surface area contributed by atoms with Crippen LogP contribution in [0, 0.1) is 5.41 Å². The van der Waals surface area contributed by atoms with Gasteiger partial charge in [0.05, 0.1) is 18.1 Å². The van der Waals surface area contributed by atoms with Crippen LogP contribution in [0.2, 0.25) is 0 Å². The van der Waals surface area contributed by atoms with E-state index in [2.05, 4.69) is 5.32 Å². The molecule has 0 saturated heterocycles. The number of aliphatic hydroxyl groups excluding tert-OH is 1. The molecular formula is C9H19NO4. The number of nitrogens with one attached hydrogen (secondary N) is 1. The lowest BCUT2D eigenvalue weighted by atomic mass is 9.94. The molecule has 1 unspecified atom stereocenters. The number of aliphatic carboxylic acids is 1. The van der Waals surface area contributed by atoms with Crippen molar-refractivity contribution in [1.29, 1.82) is 0 Å². The predicted octanol–water partition coefficient (Wildman–Crippen LogP) is -0.306. The van der Waals surface area contributed by atoms with Crippen molar-refractivity contribution in [3.8, 4) is 0 Å². The monoisotopic (exact) mass is 205 g/mol. The summed E-state index contributed by atoms with van der Waals surface area (Å²) in [5, 5.41) is 20.9. The van der Waals surface area contributed by atoms with Gasteiger partial charge in [-0.25, -0.2) is 0 Å². The van der Waals surface area contributed by atoms with Crippen LogP contribution in [0.25, 0.3) is 0 Å². The third-order valence-electron chi connectivity index (χ3n) is 1.88. The molecule has 0 aromatic carbocycles. The average molecular weight is 205 g/mol. The van der Waals surface area contributed by atoms with Gasteiger partial charge in [0, 0.05) is 20.2 Å². The summed E-state index contributed by atoms with van der Waals surface area (Å²) >= 11 is 0. The largest absolute Gasteiger partial charge is 0.481 e. The Labute approximate surface area is 84.1 Å². The molecule has 0 aliphatic rings. The number of ether oxygens (including phenoxy) is 1. The summed E-state index contributed by atoms with van der Waals surface area (Å²) in [5.41, 5.74) is -0.813. The normalized spacial score (nSPS) is 14.0. The lowest BCUT2D eigenvalue weighted by Crippen LogP contribution is -2.40. The zero-order valence-corrected chi connectivity index (χ0v) is 8.91. The molecule has 3 N–H and O–H groups in total. The molecular weight excluding hydrogens is 186 g/mol. The summed E-state index contributed by atoms with van der Waals surface area (Å²) < 4.78 is 4.73. The van der Waals surface area contributed by atoms with E-state index in [-0.39, 0.29) is 6.61 Å². The molecule has 0 heterocycles. The molecule has 0 spiro atoms. The molecule has 1 atom stereocenters. The molecule has 0 aromatic rings. The van der Waals surface area contributed by atoms with E-state index >= 15 is 0 Å². The van der Waals surface area contributed by atoms with Gasteiger partial charge in [0.25, 0.3) is 0 Å². The first kappa shape index (κ1) is 13.4. The van der Waals surface area contributed by atoms with Gasteiger partial charge in [-0.15, -0.1) is 0 Å². The van der Waals surface area contributed by atoms with Crippen LogP contribution in [0.5, 0.6) is 0 Å². The second-order valence-corrected chi connectivity index (χ2v) is 3.93. The van der Waals surface area contributed by atoms with Crippen molar-refractivity contribution < 1.29 is 19.7 Å². The van der Waals surface area contributed by atoms with Gasteiger partial charge in [-0.1, -0.05) is 0 Å². The highest BCUT2D eigenvalue weighted by Gasteiger charge is 2.26. The lowest BCUT2D eigenvalue weighted by molar-refractivity contribution is -0.146. The van der Waals surface area contributed by atoms with E-state index in [4.69, 9.17) is 9.84 Å². The molecule has 0 aliphatic heterocycles. The molecule has 0 aromatic heterocycles. The van der Waals surface area contributed by atoms with Gasteiger partial charge in [0.15, 0.2) is 0 Å². The predicted molar refractivity (Wildman–Crippen MR) is 52.2 cm³/mol. The van der Waals surface area contributed by atoms with Crippen molar-refractivity contribution in [2.75, 3.05) is 26.8 Å². The number of carboxylic acids is 1. The lowest BCUT2D eigenvalue weighted by Gasteiger charge is -2.20. The molecule has 0 rings (SSSR count). The number of aliphatic hydroxyl groups is 1. The maximum absolute atomic E-state index is 10.7.